The van der Waals surface area contributed by atoms with Gasteiger partial charge in [0.15, 0.2) is 11.3 Å². The molecular weight excluding hydrogens is 319 g/mol. The Labute approximate surface area is 128 Å². The Hall–Kier alpha value is -1.83. The van der Waals surface area contributed by atoms with Crippen LogP contribution in [0.4, 0.5) is 13.2 Å². The van der Waals surface area contributed by atoms with Gasteiger partial charge >= 0.3 is 6.36 Å². The SMILES string of the molecule is CC(C)(C)[N+]([O-])=Cc1ccc([SH]2C=CC(OC(F)(F)F)=C2)o1. The molecule has 1 atom stereocenters. The monoisotopic (exact) mass is 335 g/mol. The zero-order valence-corrected chi connectivity index (χ0v) is 13.1. The van der Waals surface area contributed by atoms with Crippen molar-refractivity contribution in [1.82, 2.24) is 0 Å². The van der Waals surface area contributed by atoms with Crippen molar-refractivity contribution in [3.63, 3.8) is 0 Å². The van der Waals surface area contributed by atoms with Crippen LogP contribution in [0.15, 0.2) is 44.3 Å². The molecule has 0 N–H and O–H groups in total. The molecule has 0 radical (unpaired) electrons. The highest BCUT2D eigenvalue weighted by atomic mass is 32.2. The molecular formula is C14H16F3NO3S. The summed E-state index contributed by atoms with van der Waals surface area (Å²) in [5.74, 6) is 0.107. The molecule has 1 aromatic rings. The van der Waals surface area contributed by atoms with Crippen LogP contribution in [0.1, 0.15) is 26.5 Å². The summed E-state index contributed by atoms with van der Waals surface area (Å²) in [6.07, 6.45) is -2.13. The Morgan fingerprint density at radius 1 is 1.27 bits per heavy atom. The van der Waals surface area contributed by atoms with Crippen molar-refractivity contribution in [1.29, 1.82) is 0 Å². The van der Waals surface area contributed by atoms with E-state index in [2.05, 4.69) is 4.74 Å². The highest BCUT2D eigenvalue weighted by molar-refractivity contribution is 8.22. The molecule has 1 aliphatic heterocycles. The number of ether oxygens (including phenoxy) is 1. The molecule has 0 amide bonds. The first-order valence-corrected chi connectivity index (χ1v) is 7.88. The van der Waals surface area contributed by atoms with Gasteiger partial charge in [-0.15, -0.1) is 13.2 Å². The largest absolute Gasteiger partial charge is 0.623 e. The average Bonchev–Trinajstić information content (AvgIpc) is 2.94. The van der Waals surface area contributed by atoms with Gasteiger partial charge in [-0.3, -0.25) is 0 Å². The van der Waals surface area contributed by atoms with Gasteiger partial charge < -0.3 is 14.4 Å². The lowest BCUT2D eigenvalue weighted by atomic mass is 10.1. The summed E-state index contributed by atoms with van der Waals surface area (Å²) >= 11 is 0. The molecule has 0 spiro atoms. The minimum Gasteiger partial charge on any atom is -0.623 e. The second-order valence-electron chi connectivity index (χ2n) is 5.60. The fourth-order valence-corrected chi connectivity index (χ4v) is 3.11. The van der Waals surface area contributed by atoms with Gasteiger partial charge in [0.05, 0.1) is 0 Å². The first-order valence-electron chi connectivity index (χ1n) is 6.40. The lowest BCUT2D eigenvalue weighted by molar-refractivity contribution is -0.530. The summed E-state index contributed by atoms with van der Waals surface area (Å²) in [5.41, 5.74) is -0.598. The Morgan fingerprint density at radius 2 is 1.95 bits per heavy atom. The van der Waals surface area contributed by atoms with E-state index in [0.29, 0.717) is 10.9 Å². The molecule has 122 valence electrons. The van der Waals surface area contributed by atoms with E-state index in [1.54, 1.807) is 38.3 Å². The minimum atomic E-state index is -4.71. The second kappa shape index (κ2) is 5.75. The van der Waals surface area contributed by atoms with E-state index < -0.39 is 22.8 Å². The van der Waals surface area contributed by atoms with E-state index in [4.69, 9.17) is 4.42 Å². The number of hydrogen-bond acceptors (Lipinski definition) is 3. The van der Waals surface area contributed by atoms with Gasteiger partial charge in [-0.2, -0.15) is 10.9 Å². The van der Waals surface area contributed by atoms with Crippen LogP contribution in [0.25, 0.3) is 0 Å². The molecule has 0 saturated heterocycles. The molecule has 1 aromatic heterocycles. The maximum absolute atomic E-state index is 12.1. The number of rotatable bonds is 3. The molecule has 0 aromatic carbocycles. The fraction of sp³-hybridized carbons (Fsp3) is 0.357. The number of hydrogen-bond donors (Lipinski definition) is 1. The molecule has 0 fully saturated rings. The quantitative estimate of drug-likeness (QED) is 0.295. The number of allylic oxidation sites excluding steroid dienone is 1. The predicted octanol–water partition coefficient (Wildman–Crippen LogP) is 4.27. The lowest BCUT2D eigenvalue weighted by Gasteiger charge is -2.17. The van der Waals surface area contributed by atoms with Crippen LogP contribution < -0.4 is 0 Å². The summed E-state index contributed by atoms with van der Waals surface area (Å²) in [4.78, 5) is 0. The normalized spacial score (nSPS) is 21.1. The highest BCUT2D eigenvalue weighted by Crippen LogP contribution is 2.45. The summed E-state index contributed by atoms with van der Waals surface area (Å²) in [5, 5.41) is 15.3. The van der Waals surface area contributed by atoms with Crippen molar-refractivity contribution in [3.05, 3.63) is 45.8 Å². The third kappa shape index (κ3) is 4.33. The van der Waals surface area contributed by atoms with E-state index in [1.165, 1.54) is 17.7 Å². The van der Waals surface area contributed by atoms with Gasteiger partial charge in [-0.05, 0) is 23.6 Å². The van der Waals surface area contributed by atoms with Crippen molar-refractivity contribution in [2.75, 3.05) is 0 Å². The maximum Gasteiger partial charge on any atom is 0.573 e. The smallest absolute Gasteiger partial charge is 0.573 e. The average molecular weight is 335 g/mol. The van der Waals surface area contributed by atoms with E-state index >= 15 is 0 Å². The van der Waals surface area contributed by atoms with Gasteiger partial charge in [0.2, 0.25) is 6.21 Å². The first-order chi connectivity index (χ1) is 10.0. The topological polar surface area (TPSA) is 48.4 Å². The summed E-state index contributed by atoms with van der Waals surface area (Å²) in [6, 6.07) is 3.25. The van der Waals surface area contributed by atoms with Crippen LogP contribution in [-0.2, 0) is 4.74 Å². The van der Waals surface area contributed by atoms with Crippen LogP contribution in [0.3, 0.4) is 0 Å². The van der Waals surface area contributed by atoms with Crippen LogP contribution in [0.5, 0.6) is 0 Å². The van der Waals surface area contributed by atoms with E-state index in [1.807, 2.05) is 0 Å². The number of halogens is 3. The third-order valence-electron chi connectivity index (χ3n) is 2.67. The van der Waals surface area contributed by atoms with Crippen molar-refractivity contribution in [2.24, 2.45) is 0 Å². The number of furan rings is 1. The summed E-state index contributed by atoms with van der Waals surface area (Å²) in [6.45, 7) is 5.27. The zero-order chi connectivity index (χ0) is 16.5. The molecule has 0 saturated carbocycles. The molecule has 0 aliphatic carbocycles. The van der Waals surface area contributed by atoms with Crippen molar-refractivity contribution in [3.8, 4) is 0 Å². The van der Waals surface area contributed by atoms with Crippen LogP contribution in [0.2, 0.25) is 0 Å². The van der Waals surface area contributed by atoms with E-state index in [9.17, 15) is 18.4 Å². The molecule has 2 heterocycles. The molecule has 4 nitrogen and oxygen atoms in total. The number of nitrogens with zero attached hydrogens (tertiary/aromatic N) is 1. The first kappa shape index (κ1) is 16.5. The lowest BCUT2D eigenvalue weighted by Crippen LogP contribution is -2.29. The van der Waals surface area contributed by atoms with Gasteiger partial charge in [0, 0.05) is 26.2 Å². The van der Waals surface area contributed by atoms with Gasteiger partial charge in [0.25, 0.3) is 0 Å². The van der Waals surface area contributed by atoms with Crippen LogP contribution >= 0.6 is 10.9 Å². The summed E-state index contributed by atoms with van der Waals surface area (Å²) < 4.78 is 46.5. The van der Waals surface area contributed by atoms with Crippen LogP contribution in [-0.4, -0.2) is 22.9 Å². The maximum atomic E-state index is 12.1. The number of hydroxylamine groups is 1. The van der Waals surface area contributed by atoms with Gasteiger partial charge in [0.1, 0.15) is 10.9 Å². The Morgan fingerprint density at radius 3 is 2.55 bits per heavy atom. The number of alkyl halides is 3. The second-order valence-corrected chi connectivity index (χ2v) is 7.42. The van der Waals surface area contributed by atoms with Crippen molar-refractivity contribution >= 4 is 17.1 Å². The summed E-state index contributed by atoms with van der Waals surface area (Å²) in [7, 11) is -1.14. The van der Waals surface area contributed by atoms with Gasteiger partial charge in [-0.1, -0.05) is 0 Å². The van der Waals surface area contributed by atoms with Gasteiger partial charge in [-0.25, -0.2) is 4.74 Å². The fourth-order valence-electron chi connectivity index (χ4n) is 1.57. The molecule has 1 unspecified atom stereocenters. The predicted molar refractivity (Wildman–Crippen MR) is 78.9 cm³/mol. The zero-order valence-electron chi connectivity index (χ0n) is 12.2. The molecule has 8 heteroatoms. The molecule has 1 aliphatic rings. The standard InChI is InChI=1S/C14H16F3NO3S/c1-13(2,3)18(19)8-10-4-5-12(20-10)22-7-6-11(9-22)21-14(15,16)17/h4-9,22H,1-3H3. The molecule has 0 bridgehead atoms. The molecule has 22 heavy (non-hydrogen) atoms. The molecule has 2 rings (SSSR count). The Bertz CT molecular complexity index is 638. The van der Waals surface area contributed by atoms with E-state index in [0.717, 1.165) is 4.74 Å². The Kier molecular flexibility index (Phi) is 4.32. The van der Waals surface area contributed by atoms with Crippen molar-refractivity contribution < 1.29 is 27.1 Å². The van der Waals surface area contributed by atoms with Crippen molar-refractivity contribution in [2.45, 2.75) is 37.8 Å². The van der Waals surface area contributed by atoms with Crippen LogP contribution in [0, 0.1) is 5.21 Å². The number of thiol groups is 1. The highest BCUT2D eigenvalue weighted by Gasteiger charge is 2.32. The van der Waals surface area contributed by atoms with E-state index in [-0.39, 0.29) is 5.76 Å². The minimum absolute atomic E-state index is 0.249. The Balaban J connectivity index is 2.12. The third-order valence-corrected chi connectivity index (χ3v) is 4.42.